The summed E-state index contributed by atoms with van der Waals surface area (Å²) in [4.78, 5) is 24.0. The van der Waals surface area contributed by atoms with E-state index in [4.69, 9.17) is 20.2 Å². The van der Waals surface area contributed by atoms with Gasteiger partial charge in [-0.1, -0.05) is 18.7 Å². The second-order valence-electron chi connectivity index (χ2n) is 8.90. The van der Waals surface area contributed by atoms with Crippen LogP contribution in [-0.4, -0.2) is 45.0 Å². The fourth-order valence-corrected chi connectivity index (χ4v) is 3.55. The molecular formula is C25H28N6O3. The first-order chi connectivity index (χ1) is 16.2. The molecule has 4 heterocycles. The van der Waals surface area contributed by atoms with Gasteiger partial charge in [0.25, 0.3) is 0 Å². The lowest BCUT2D eigenvalue weighted by Crippen LogP contribution is -2.42. The summed E-state index contributed by atoms with van der Waals surface area (Å²) < 4.78 is 11.7. The van der Waals surface area contributed by atoms with Crippen LogP contribution in [0.4, 0.5) is 16.4 Å². The number of nitrogens with two attached hydrogens (primary N) is 1. The summed E-state index contributed by atoms with van der Waals surface area (Å²) in [5, 5.41) is 6.71. The second-order valence-corrected chi connectivity index (χ2v) is 8.90. The molecule has 0 aromatic carbocycles. The molecule has 3 aromatic rings. The van der Waals surface area contributed by atoms with Crippen molar-refractivity contribution in [2.24, 2.45) is 0 Å². The van der Waals surface area contributed by atoms with E-state index in [0.29, 0.717) is 53.1 Å². The molecule has 3 N–H and O–H groups in total. The molecule has 0 saturated carbocycles. The predicted molar refractivity (Wildman–Crippen MR) is 132 cm³/mol. The zero-order chi connectivity index (χ0) is 24.5. The van der Waals surface area contributed by atoms with Gasteiger partial charge < -0.3 is 15.2 Å². The Kier molecular flexibility index (Phi) is 6.10. The van der Waals surface area contributed by atoms with E-state index in [1.807, 2.05) is 58.0 Å². The number of nitrogen functional groups attached to an aromatic ring is 1. The van der Waals surface area contributed by atoms with Crippen LogP contribution in [0.25, 0.3) is 23.0 Å². The van der Waals surface area contributed by atoms with Crippen LogP contribution < -0.4 is 15.4 Å². The van der Waals surface area contributed by atoms with E-state index in [1.54, 1.807) is 12.3 Å². The number of rotatable bonds is 4. The Hall–Kier alpha value is -4.14. The van der Waals surface area contributed by atoms with Crippen molar-refractivity contribution in [3.05, 3.63) is 59.9 Å². The van der Waals surface area contributed by atoms with Gasteiger partial charge in [0.15, 0.2) is 11.6 Å². The number of hydrogen-bond donors (Lipinski definition) is 2. The number of ether oxygens (including phenoxy) is 2. The van der Waals surface area contributed by atoms with Crippen molar-refractivity contribution in [1.82, 2.24) is 20.2 Å². The van der Waals surface area contributed by atoms with Gasteiger partial charge in [0.05, 0.1) is 24.1 Å². The number of carbonyl (C=O) groups excluding carboxylic acids is 1. The number of pyridine rings is 2. The Morgan fingerprint density at radius 3 is 2.74 bits per heavy atom. The fourth-order valence-electron chi connectivity index (χ4n) is 3.55. The standard InChI is InChI=1S/C25H28N6O3/c1-6-16(12-17-14-27-30-22(17)26)18-13-20(19-9-7-8-15(2)28-19)29-23-21(18)33-11-10-31(23)24(32)34-25(3,4)5/h6-9,12-14H,1,10-11H2,2-5H3,(H3,26,27,30)/b16-12+. The monoisotopic (exact) mass is 460 g/mol. The molecule has 0 unspecified atom stereocenters. The largest absolute Gasteiger partial charge is 0.487 e. The summed E-state index contributed by atoms with van der Waals surface area (Å²) >= 11 is 0. The number of anilines is 2. The van der Waals surface area contributed by atoms with Crippen molar-refractivity contribution in [1.29, 1.82) is 0 Å². The highest BCUT2D eigenvalue weighted by Gasteiger charge is 2.32. The molecule has 176 valence electrons. The third-order valence-electron chi connectivity index (χ3n) is 5.08. The summed E-state index contributed by atoms with van der Waals surface area (Å²) in [5.41, 5.74) is 9.59. The third kappa shape index (κ3) is 4.78. The number of aryl methyl sites for hydroxylation is 1. The number of aromatic nitrogens is 4. The summed E-state index contributed by atoms with van der Waals surface area (Å²) in [6.07, 6.45) is 4.69. The maximum Gasteiger partial charge on any atom is 0.416 e. The molecule has 1 aliphatic rings. The molecule has 0 bridgehead atoms. The van der Waals surface area contributed by atoms with Crippen molar-refractivity contribution < 1.29 is 14.3 Å². The van der Waals surface area contributed by atoms with E-state index in [-0.39, 0.29) is 0 Å². The van der Waals surface area contributed by atoms with Crippen LogP contribution in [0.3, 0.4) is 0 Å². The van der Waals surface area contributed by atoms with Crippen LogP contribution in [0, 0.1) is 6.92 Å². The Bertz CT molecular complexity index is 1270. The van der Waals surface area contributed by atoms with Gasteiger partial charge in [-0.25, -0.2) is 9.78 Å². The summed E-state index contributed by atoms with van der Waals surface area (Å²) in [7, 11) is 0. The van der Waals surface area contributed by atoms with Crippen LogP contribution in [-0.2, 0) is 4.74 Å². The molecule has 0 fully saturated rings. The first-order valence-corrected chi connectivity index (χ1v) is 10.9. The topological polar surface area (TPSA) is 119 Å². The first-order valence-electron chi connectivity index (χ1n) is 10.9. The molecule has 0 radical (unpaired) electrons. The zero-order valence-electron chi connectivity index (χ0n) is 19.8. The van der Waals surface area contributed by atoms with Crippen molar-refractivity contribution >= 4 is 29.4 Å². The maximum atomic E-state index is 13.1. The van der Waals surface area contributed by atoms with Gasteiger partial charge >= 0.3 is 6.09 Å². The van der Waals surface area contributed by atoms with Crippen molar-refractivity contribution in [2.45, 2.75) is 33.3 Å². The number of allylic oxidation sites excluding steroid dienone is 2. The van der Waals surface area contributed by atoms with Crippen LogP contribution in [0.5, 0.6) is 5.75 Å². The zero-order valence-corrected chi connectivity index (χ0v) is 19.8. The molecule has 0 spiro atoms. The number of aromatic amines is 1. The molecule has 3 aromatic heterocycles. The Morgan fingerprint density at radius 1 is 1.29 bits per heavy atom. The third-order valence-corrected chi connectivity index (χ3v) is 5.08. The molecule has 9 nitrogen and oxygen atoms in total. The van der Waals surface area contributed by atoms with E-state index in [2.05, 4.69) is 21.8 Å². The van der Waals surface area contributed by atoms with Crippen molar-refractivity contribution in [2.75, 3.05) is 23.8 Å². The number of amides is 1. The van der Waals surface area contributed by atoms with Crippen molar-refractivity contribution in [3.63, 3.8) is 0 Å². The smallest absolute Gasteiger partial charge is 0.416 e. The highest BCUT2D eigenvalue weighted by molar-refractivity contribution is 5.96. The number of H-pyrrole nitrogens is 1. The highest BCUT2D eigenvalue weighted by atomic mass is 16.6. The molecule has 4 rings (SSSR count). The average Bonchev–Trinajstić information content (AvgIpc) is 3.19. The fraction of sp³-hybridized carbons (Fsp3) is 0.280. The van der Waals surface area contributed by atoms with Gasteiger partial charge in [-0.2, -0.15) is 5.10 Å². The van der Waals surface area contributed by atoms with Gasteiger partial charge in [0, 0.05) is 16.8 Å². The second kappa shape index (κ2) is 9.01. The van der Waals surface area contributed by atoms with Gasteiger partial charge in [0.2, 0.25) is 0 Å². The average molecular weight is 461 g/mol. The van der Waals surface area contributed by atoms with Gasteiger partial charge in [-0.3, -0.25) is 15.0 Å². The lowest BCUT2D eigenvalue weighted by atomic mass is 10.0. The minimum Gasteiger partial charge on any atom is -0.487 e. The molecule has 0 aliphatic carbocycles. The van der Waals surface area contributed by atoms with Gasteiger partial charge in [-0.05, 0) is 57.5 Å². The maximum absolute atomic E-state index is 13.1. The van der Waals surface area contributed by atoms with Gasteiger partial charge in [0.1, 0.15) is 18.0 Å². The summed E-state index contributed by atoms with van der Waals surface area (Å²) in [5.74, 6) is 1.25. The SMILES string of the molecule is C=C/C(=C\c1cn[nH]c1N)c1cc(-c2cccc(C)n2)nc2c1OCCN2C(=O)OC(C)(C)C. The molecule has 0 atom stereocenters. The van der Waals surface area contributed by atoms with E-state index < -0.39 is 11.7 Å². The normalized spacial score (nSPS) is 13.8. The lowest BCUT2D eigenvalue weighted by molar-refractivity contribution is 0.0566. The quantitative estimate of drug-likeness (QED) is 0.545. The number of hydrogen-bond acceptors (Lipinski definition) is 7. The summed E-state index contributed by atoms with van der Waals surface area (Å²) in [6, 6.07) is 7.58. The Morgan fingerprint density at radius 2 is 2.09 bits per heavy atom. The minimum absolute atomic E-state index is 0.293. The lowest BCUT2D eigenvalue weighted by Gasteiger charge is -2.32. The minimum atomic E-state index is -0.654. The first kappa shape index (κ1) is 23.0. The molecule has 9 heteroatoms. The number of nitrogens with zero attached hydrogens (tertiary/aromatic N) is 4. The number of carbonyl (C=O) groups is 1. The molecule has 34 heavy (non-hydrogen) atoms. The van der Waals surface area contributed by atoms with Crippen LogP contribution in [0.15, 0.2) is 43.1 Å². The predicted octanol–water partition coefficient (Wildman–Crippen LogP) is 4.62. The Balaban J connectivity index is 1.92. The number of nitrogens with one attached hydrogen (secondary N) is 1. The highest BCUT2D eigenvalue weighted by Crippen LogP contribution is 2.41. The van der Waals surface area contributed by atoms with Crippen LogP contribution in [0.1, 0.15) is 37.6 Å². The van der Waals surface area contributed by atoms with Crippen LogP contribution in [0.2, 0.25) is 0 Å². The van der Waals surface area contributed by atoms with Crippen molar-refractivity contribution in [3.8, 4) is 17.1 Å². The van der Waals surface area contributed by atoms with Gasteiger partial charge in [-0.15, -0.1) is 0 Å². The molecule has 1 amide bonds. The molecule has 0 saturated heterocycles. The van der Waals surface area contributed by atoms with E-state index in [1.165, 1.54) is 4.90 Å². The summed E-state index contributed by atoms with van der Waals surface area (Å²) in [6.45, 7) is 12.0. The van der Waals surface area contributed by atoms with E-state index >= 15 is 0 Å². The van der Waals surface area contributed by atoms with E-state index in [9.17, 15) is 4.79 Å². The van der Waals surface area contributed by atoms with E-state index in [0.717, 1.165) is 11.3 Å². The Labute approximate surface area is 198 Å². The number of fused-ring (bicyclic) bond motifs is 1. The molecular weight excluding hydrogens is 432 g/mol. The van der Waals surface area contributed by atoms with Crippen LogP contribution >= 0.6 is 0 Å². The molecule has 1 aliphatic heterocycles.